The van der Waals surface area contributed by atoms with Gasteiger partial charge in [-0.3, -0.25) is 4.79 Å². The van der Waals surface area contributed by atoms with Crippen LogP contribution < -0.4 is 10.1 Å². The summed E-state index contributed by atoms with van der Waals surface area (Å²) in [6.07, 6.45) is 0. The molecule has 1 N–H and O–H groups in total. The van der Waals surface area contributed by atoms with E-state index in [0.717, 1.165) is 16.1 Å². The van der Waals surface area contributed by atoms with Crippen molar-refractivity contribution < 1.29 is 9.53 Å². The van der Waals surface area contributed by atoms with Crippen molar-refractivity contribution in [3.8, 4) is 33.8 Å². The average Bonchev–Trinajstić information content (AvgIpc) is 3.52. The highest BCUT2D eigenvalue weighted by Gasteiger charge is 2.12. The molecule has 0 unspecified atom stereocenters. The van der Waals surface area contributed by atoms with Crippen LogP contribution in [0.15, 0.2) is 78.2 Å². The van der Waals surface area contributed by atoms with Crippen LogP contribution in [0.3, 0.4) is 0 Å². The molecule has 3 heterocycles. The number of hydrogen-bond acceptors (Lipinski definition) is 7. The van der Waals surface area contributed by atoms with Gasteiger partial charge in [0.05, 0.1) is 16.1 Å². The molecule has 0 fully saturated rings. The van der Waals surface area contributed by atoms with Crippen LogP contribution in [0.5, 0.6) is 5.75 Å². The van der Waals surface area contributed by atoms with E-state index in [1.165, 1.54) is 0 Å². The minimum Gasteiger partial charge on any atom is -0.482 e. The molecule has 0 atom stereocenters. The summed E-state index contributed by atoms with van der Waals surface area (Å²) in [6, 6.07) is 23.9. The summed E-state index contributed by atoms with van der Waals surface area (Å²) in [5.41, 5.74) is 3.19. The molecule has 8 nitrogen and oxygen atoms in total. The van der Waals surface area contributed by atoms with E-state index in [4.69, 9.17) is 15.1 Å². The summed E-state index contributed by atoms with van der Waals surface area (Å²) in [4.78, 5) is 13.4. The van der Waals surface area contributed by atoms with Gasteiger partial charge < -0.3 is 10.1 Å². The lowest BCUT2D eigenvalue weighted by atomic mass is 10.1. The highest BCUT2D eigenvalue weighted by atomic mass is 32.1. The molecule has 0 aliphatic heterocycles. The number of hydrogen-bond donors (Lipinski definition) is 1. The van der Waals surface area contributed by atoms with Crippen molar-refractivity contribution in [2.24, 2.45) is 0 Å². The van der Waals surface area contributed by atoms with Crippen molar-refractivity contribution in [3.05, 3.63) is 83.7 Å². The molecule has 0 radical (unpaired) electrons. The average molecular weight is 452 g/mol. The number of anilines is 1. The minimum absolute atomic E-state index is 0.210. The zero-order chi connectivity index (χ0) is 22.6. The molecule has 9 heteroatoms. The number of fused-ring (bicyclic) bond motifs is 1. The molecule has 5 aromatic rings. The molecule has 33 heavy (non-hydrogen) atoms. The third kappa shape index (κ3) is 4.28. The normalized spacial score (nSPS) is 10.6. The third-order valence-electron chi connectivity index (χ3n) is 4.81. The number of nitriles is 1. The summed E-state index contributed by atoms with van der Waals surface area (Å²) in [5.74, 6) is 0.722. The largest absolute Gasteiger partial charge is 0.482 e. The lowest BCUT2D eigenvalue weighted by Crippen LogP contribution is -2.20. The van der Waals surface area contributed by atoms with Crippen LogP contribution in [-0.2, 0) is 4.79 Å². The molecular weight excluding hydrogens is 436 g/mol. The van der Waals surface area contributed by atoms with Crippen molar-refractivity contribution in [1.82, 2.24) is 19.8 Å². The highest BCUT2D eigenvalue weighted by Crippen LogP contribution is 2.25. The van der Waals surface area contributed by atoms with Crippen LogP contribution in [0.25, 0.3) is 27.6 Å². The van der Waals surface area contributed by atoms with Crippen molar-refractivity contribution in [2.75, 3.05) is 11.9 Å². The molecule has 1 amide bonds. The minimum atomic E-state index is -0.331. The second kappa shape index (κ2) is 8.90. The van der Waals surface area contributed by atoms with Gasteiger partial charge in [-0.15, -0.1) is 21.5 Å². The Hall–Kier alpha value is -4.55. The van der Waals surface area contributed by atoms with E-state index in [0.29, 0.717) is 28.5 Å². The first-order valence-corrected chi connectivity index (χ1v) is 10.9. The van der Waals surface area contributed by atoms with Crippen molar-refractivity contribution >= 4 is 28.6 Å². The number of para-hydroxylation sites is 1. The van der Waals surface area contributed by atoms with Gasteiger partial charge in [-0.2, -0.15) is 14.9 Å². The van der Waals surface area contributed by atoms with Crippen LogP contribution >= 0.6 is 11.3 Å². The summed E-state index contributed by atoms with van der Waals surface area (Å²) in [6.45, 7) is -0.210. The van der Waals surface area contributed by atoms with Crippen LogP contribution in [0, 0.1) is 11.3 Å². The van der Waals surface area contributed by atoms with Gasteiger partial charge in [0.1, 0.15) is 11.8 Å². The quantitative estimate of drug-likeness (QED) is 0.409. The first-order valence-electron chi connectivity index (χ1n) is 10.00. The fraction of sp³-hybridized carbons (Fsp3) is 0.0417. The van der Waals surface area contributed by atoms with Crippen LogP contribution in [0.2, 0.25) is 0 Å². The smallest absolute Gasteiger partial charge is 0.262 e. The third-order valence-corrected chi connectivity index (χ3v) is 5.68. The summed E-state index contributed by atoms with van der Waals surface area (Å²) < 4.78 is 7.22. The second-order valence-corrected chi connectivity index (χ2v) is 7.96. The molecule has 160 valence electrons. The predicted octanol–water partition coefficient (Wildman–Crippen LogP) is 4.41. The molecule has 0 aliphatic rings. The van der Waals surface area contributed by atoms with Crippen molar-refractivity contribution in [1.29, 1.82) is 5.26 Å². The Labute approximate surface area is 192 Å². The highest BCUT2D eigenvalue weighted by molar-refractivity contribution is 7.13. The number of benzene rings is 2. The maximum Gasteiger partial charge on any atom is 0.262 e. The number of carbonyl (C=O) groups is 1. The Balaban J connectivity index is 1.34. The fourth-order valence-electron chi connectivity index (χ4n) is 3.28. The number of ether oxygens (including phenoxy) is 1. The lowest BCUT2D eigenvalue weighted by Gasteiger charge is -2.10. The SMILES string of the molecule is N#Cc1ccccc1OCC(=O)Nc1cccc(-c2ccc3nnc(-c4cccs4)n3n2)c1. The molecule has 0 spiro atoms. The van der Waals surface area contributed by atoms with Crippen molar-refractivity contribution in [2.45, 2.75) is 0 Å². The topological polar surface area (TPSA) is 105 Å². The van der Waals surface area contributed by atoms with E-state index in [9.17, 15) is 4.79 Å². The molecule has 5 rings (SSSR count). The zero-order valence-corrected chi connectivity index (χ0v) is 18.0. The van der Waals surface area contributed by atoms with Gasteiger partial charge in [0.2, 0.25) is 0 Å². The number of thiophene rings is 1. The first kappa shape index (κ1) is 20.4. The maximum absolute atomic E-state index is 12.4. The van der Waals surface area contributed by atoms with E-state index in [2.05, 4.69) is 15.5 Å². The number of aromatic nitrogens is 4. The molecule has 2 aromatic carbocycles. The van der Waals surface area contributed by atoms with Gasteiger partial charge in [-0.05, 0) is 47.8 Å². The Kier molecular flexibility index (Phi) is 5.49. The molecule has 0 aliphatic carbocycles. The Morgan fingerprint density at radius 1 is 1.06 bits per heavy atom. The molecule has 0 saturated heterocycles. The number of rotatable bonds is 6. The second-order valence-electron chi connectivity index (χ2n) is 7.02. The monoisotopic (exact) mass is 452 g/mol. The Bertz CT molecular complexity index is 1490. The first-order chi connectivity index (χ1) is 16.2. The van der Waals surface area contributed by atoms with Gasteiger partial charge >= 0.3 is 0 Å². The van der Waals surface area contributed by atoms with Gasteiger partial charge in [0.25, 0.3) is 5.91 Å². The van der Waals surface area contributed by atoms with Crippen LogP contribution in [0.1, 0.15) is 5.56 Å². The standard InChI is InChI=1S/C24H16N6O2S/c25-14-17-5-1-2-8-20(17)32-15-23(31)26-18-7-3-6-16(13-18)19-10-11-22-27-28-24(30(22)29-19)21-9-4-12-33-21/h1-13H,15H2,(H,26,31). The van der Waals surface area contributed by atoms with E-state index in [1.807, 2.05) is 53.9 Å². The predicted molar refractivity (Wildman–Crippen MR) is 125 cm³/mol. The lowest BCUT2D eigenvalue weighted by molar-refractivity contribution is -0.118. The fourth-order valence-corrected chi connectivity index (χ4v) is 3.98. The molecule has 3 aromatic heterocycles. The van der Waals surface area contributed by atoms with E-state index in [1.54, 1.807) is 46.2 Å². The molecular formula is C24H16N6O2S. The van der Waals surface area contributed by atoms with Crippen LogP contribution in [-0.4, -0.2) is 32.3 Å². The van der Waals surface area contributed by atoms with Gasteiger partial charge in [0, 0.05) is 11.3 Å². The number of nitrogens with zero attached hydrogens (tertiary/aromatic N) is 5. The summed E-state index contributed by atoms with van der Waals surface area (Å²) >= 11 is 1.57. The van der Waals surface area contributed by atoms with Gasteiger partial charge in [-0.25, -0.2) is 0 Å². The number of amides is 1. The number of nitrogens with one attached hydrogen (secondary N) is 1. The van der Waals surface area contributed by atoms with Crippen molar-refractivity contribution in [3.63, 3.8) is 0 Å². The van der Waals surface area contributed by atoms with Gasteiger partial charge in [-0.1, -0.05) is 30.3 Å². The zero-order valence-electron chi connectivity index (χ0n) is 17.2. The van der Waals surface area contributed by atoms with Crippen LogP contribution in [0.4, 0.5) is 5.69 Å². The van der Waals surface area contributed by atoms with E-state index >= 15 is 0 Å². The summed E-state index contributed by atoms with van der Waals surface area (Å²) in [5, 5.41) is 27.1. The van der Waals surface area contributed by atoms with E-state index < -0.39 is 0 Å². The van der Waals surface area contributed by atoms with Gasteiger partial charge in [0.15, 0.2) is 18.1 Å². The molecule has 0 saturated carbocycles. The maximum atomic E-state index is 12.4. The Morgan fingerprint density at radius 2 is 1.97 bits per heavy atom. The summed E-state index contributed by atoms with van der Waals surface area (Å²) in [7, 11) is 0. The Morgan fingerprint density at radius 3 is 2.82 bits per heavy atom. The molecule has 0 bridgehead atoms. The number of carbonyl (C=O) groups excluding carboxylic acids is 1. The van der Waals surface area contributed by atoms with E-state index in [-0.39, 0.29) is 12.5 Å².